The molecule has 2 N–H and O–H groups in total. The molecule has 1 saturated heterocycles. The first-order valence-corrected chi connectivity index (χ1v) is 13.9. The Morgan fingerprint density at radius 1 is 1.17 bits per heavy atom. The smallest absolute Gasteiger partial charge is 0.243 e. The molecular weight excluding hydrogens is 484 g/mol. The minimum atomic E-state index is -3.93. The Kier molecular flexibility index (Phi) is 11.1. The first-order valence-electron chi connectivity index (χ1n) is 12.5. The summed E-state index contributed by atoms with van der Waals surface area (Å²) in [6.45, 7) is 12.8. The van der Waals surface area contributed by atoms with Gasteiger partial charge in [-0.2, -0.15) is 0 Å². The van der Waals surface area contributed by atoms with Gasteiger partial charge in [0, 0.05) is 31.7 Å². The highest BCUT2D eigenvalue weighted by molar-refractivity contribution is 7.89. The number of ether oxygens (including phenoxy) is 2. The van der Waals surface area contributed by atoms with E-state index in [-0.39, 0.29) is 16.7 Å². The van der Waals surface area contributed by atoms with Crippen LogP contribution < -0.4 is 14.8 Å². The van der Waals surface area contributed by atoms with Crippen LogP contribution in [0, 0.1) is 5.92 Å². The molecule has 1 aromatic carbocycles. The largest absolute Gasteiger partial charge is 0.497 e. The standard InChI is InChI=1S/C25H42N4O6S/c1-7-25(4,5)27-24(31)23(19(2)3)29(13-12-28-14-16-35-17-15-28)22(30)18-26-36(32,33)21-10-8-20(34-6)9-11-21/h8-11,19,23,26H,7,12-18H2,1-6H3,(H,27,31). The molecule has 2 rings (SSSR count). The van der Waals surface area contributed by atoms with Gasteiger partial charge in [-0.1, -0.05) is 20.8 Å². The maximum atomic E-state index is 13.4. The lowest BCUT2D eigenvalue weighted by molar-refractivity contribution is -0.142. The van der Waals surface area contributed by atoms with Crippen molar-refractivity contribution in [3.8, 4) is 5.75 Å². The molecule has 1 aliphatic rings. The normalized spacial score (nSPS) is 16.0. The van der Waals surface area contributed by atoms with E-state index in [1.54, 1.807) is 12.1 Å². The Morgan fingerprint density at radius 3 is 2.31 bits per heavy atom. The second-order valence-corrected chi connectivity index (χ2v) is 11.7. The molecular formula is C25H42N4O6S. The maximum absolute atomic E-state index is 13.4. The zero-order valence-corrected chi connectivity index (χ0v) is 23.2. The summed E-state index contributed by atoms with van der Waals surface area (Å²) in [5.41, 5.74) is -0.431. The Labute approximate surface area is 215 Å². The van der Waals surface area contributed by atoms with Crippen LogP contribution in [0.1, 0.15) is 41.0 Å². The number of carbonyl (C=O) groups excluding carboxylic acids is 2. The minimum Gasteiger partial charge on any atom is -0.497 e. The molecule has 0 aromatic heterocycles. The Hall–Kier alpha value is -2.21. The molecule has 11 heteroatoms. The zero-order valence-electron chi connectivity index (χ0n) is 22.4. The number of carbonyl (C=O) groups is 2. The van der Waals surface area contributed by atoms with Crippen molar-refractivity contribution in [2.24, 2.45) is 5.92 Å². The number of methoxy groups -OCH3 is 1. The molecule has 1 fully saturated rings. The predicted molar refractivity (Wildman–Crippen MR) is 138 cm³/mol. The fourth-order valence-corrected chi connectivity index (χ4v) is 4.86. The van der Waals surface area contributed by atoms with Crippen molar-refractivity contribution in [1.82, 2.24) is 19.8 Å². The third-order valence-electron chi connectivity index (χ3n) is 6.45. The highest BCUT2D eigenvalue weighted by atomic mass is 32.2. The van der Waals surface area contributed by atoms with E-state index >= 15 is 0 Å². The number of hydrogen-bond acceptors (Lipinski definition) is 7. The lowest BCUT2D eigenvalue weighted by atomic mass is 9.97. The van der Waals surface area contributed by atoms with E-state index < -0.39 is 34.1 Å². The summed E-state index contributed by atoms with van der Waals surface area (Å²) in [6.07, 6.45) is 0.729. The van der Waals surface area contributed by atoms with Crippen LogP contribution in [0.15, 0.2) is 29.2 Å². The van der Waals surface area contributed by atoms with E-state index in [9.17, 15) is 18.0 Å². The second-order valence-electron chi connectivity index (χ2n) is 9.96. The van der Waals surface area contributed by atoms with E-state index in [4.69, 9.17) is 9.47 Å². The fraction of sp³-hybridized carbons (Fsp3) is 0.680. The molecule has 0 radical (unpaired) electrons. The van der Waals surface area contributed by atoms with Gasteiger partial charge in [-0.25, -0.2) is 13.1 Å². The number of benzene rings is 1. The second kappa shape index (κ2) is 13.4. The molecule has 0 bridgehead atoms. The lowest BCUT2D eigenvalue weighted by Crippen LogP contribution is -2.59. The van der Waals surface area contributed by atoms with Crippen molar-refractivity contribution in [3.63, 3.8) is 0 Å². The first kappa shape index (κ1) is 30.0. The van der Waals surface area contributed by atoms with Gasteiger partial charge in [-0.3, -0.25) is 14.5 Å². The van der Waals surface area contributed by atoms with Gasteiger partial charge in [0.25, 0.3) is 0 Å². The number of nitrogens with one attached hydrogen (secondary N) is 2. The molecule has 1 heterocycles. The van der Waals surface area contributed by atoms with E-state index in [2.05, 4.69) is 14.9 Å². The van der Waals surface area contributed by atoms with E-state index in [1.807, 2.05) is 34.6 Å². The van der Waals surface area contributed by atoms with Crippen LogP contribution in [0.25, 0.3) is 0 Å². The monoisotopic (exact) mass is 526 g/mol. The quantitative estimate of drug-likeness (QED) is 0.400. The van der Waals surface area contributed by atoms with Crippen LogP contribution in [0.2, 0.25) is 0 Å². The third kappa shape index (κ3) is 8.72. The van der Waals surface area contributed by atoms with Crippen LogP contribution in [-0.4, -0.2) is 94.7 Å². The molecule has 1 aliphatic heterocycles. The van der Waals surface area contributed by atoms with Crippen LogP contribution >= 0.6 is 0 Å². The van der Waals surface area contributed by atoms with Gasteiger partial charge in [0.15, 0.2) is 0 Å². The lowest BCUT2D eigenvalue weighted by Gasteiger charge is -2.38. The van der Waals surface area contributed by atoms with Gasteiger partial charge in [0.05, 0.1) is 31.8 Å². The van der Waals surface area contributed by atoms with E-state index in [1.165, 1.54) is 24.1 Å². The molecule has 1 aromatic rings. The molecule has 2 amide bonds. The maximum Gasteiger partial charge on any atom is 0.243 e. The van der Waals surface area contributed by atoms with Crippen LogP contribution in [-0.2, 0) is 24.3 Å². The zero-order chi connectivity index (χ0) is 26.9. The van der Waals surface area contributed by atoms with Crippen molar-refractivity contribution in [3.05, 3.63) is 24.3 Å². The summed E-state index contributed by atoms with van der Waals surface area (Å²) >= 11 is 0. The van der Waals surface area contributed by atoms with Crippen molar-refractivity contribution in [2.75, 3.05) is 53.0 Å². The summed E-state index contributed by atoms with van der Waals surface area (Å²) in [4.78, 5) is 30.5. The molecule has 0 saturated carbocycles. The highest BCUT2D eigenvalue weighted by Crippen LogP contribution is 2.17. The van der Waals surface area contributed by atoms with Gasteiger partial charge in [0.2, 0.25) is 21.8 Å². The summed E-state index contributed by atoms with van der Waals surface area (Å²) in [5.74, 6) is -0.349. The predicted octanol–water partition coefficient (Wildman–Crippen LogP) is 1.46. The van der Waals surface area contributed by atoms with E-state index in [0.717, 1.165) is 19.5 Å². The van der Waals surface area contributed by atoms with Crippen LogP contribution in [0.5, 0.6) is 5.75 Å². The molecule has 0 aliphatic carbocycles. The average molecular weight is 527 g/mol. The molecule has 10 nitrogen and oxygen atoms in total. The minimum absolute atomic E-state index is 0.0267. The fourth-order valence-electron chi connectivity index (χ4n) is 3.89. The van der Waals surface area contributed by atoms with Crippen LogP contribution in [0.4, 0.5) is 0 Å². The Morgan fingerprint density at radius 2 is 1.78 bits per heavy atom. The molecule has 204 valence electrons. The molecule has 36 heavy (non-hydrogen) atoms. The van der Waals surface area contributed by atoms with Crippen molar-refractivity contribution < 1.29 is 27.5 Å². The number of rotatable bonds is 13. The number of nitrogens with zero attached hydrogens (tertiary/aromatic N) is 2. The van der Waals surface area contributed by atoms with Gasteiger partial charge in [0.1, 0.15) is 11.8 Å². The topological polar surface area (TPSA) is 117 Å². The SMILES string of the molecule is CCC(C)(C)NC(=O)C(C(C)C)N(CCN1CCOCC1)C(=O)CNS(=O)(=O)c1ccc(OC)cc1. The van der Waals surface area contributed by atoms with Gasteiger partial charge in [-0.05, 0) is 50.5 Å². The van der Waals surface area contributed by atoms with Gasteiger partial charge < -0.3 is 19.7 Å². The third-order valence-corrected chi connectivity index (χ3v) is 7.86. The summed E-state index contributed by atoms with van der Waals surface area (Å²) in [6, 6.07) is 5.17. The van der Waals surface area contributed by atoms with Crippen molar-refractivity contribution in [2.45, 2.75) is 57.5 Å². The number of sulfonamides is 1. The molecule has 1 unspecified atom stereocenters. The molecule has 0 spiro atoms. The Bertz CT molecular complexity index is 959. The van der Waals surface area contributed by atoms with Crippen molar-refractivity contribution >= 4 is 21.8 Å². The van der Waals surface area contributed by atoms with Crippen molar-refractivity contribution in [1.29, 1.82) is 0 Å². The highest BCUT2D eigenvalue weighted by Gasteiger charge is 2.35. The molecule has 1 atom stereocenters. The van der Waals surface area contributed by atoms with E-state index in [0.29, 0.717) is 32.1 Å². The van der Waals surface area contributed by atoms with Gasteiger partial charge in [-0.15, -0.1) is 0 Å². The average Bonchev–Trinajstić information content (AvgIpc) is 2.85. The first-order chi connectivity index (χ1) is 16.9. The van der Waals surface area contributed by atoms with Gasteiger partial charge >= 0.3 is 0 Å². The number of amides is 2. The number of morpholine rings is 1. The number of hydrogen-bond donors (Lipinski definition) is 2. The summed E-state index contributed by atoms with van der Waals surface area (Å²) < 4.78 is 38.5. The summed E-state index contributed by atoms with van der Waals surface area (Å²) in [5, 5.41) is 3.05. The van der Waals surface area contributed by atoms with Crippen LogP contribution in [0.3, 0.4) is 0 Å². The summed E-state index contributed by atoms with van der Waals surface area (Å²) in [7, 11) is -2.43. The Balaban J connectivity index is 2.22.